The average Bonchev–Trinajstić information content (AvgIpc) is 2.27. The molecule has 0 saturated carbocycles. The first kappa shape index (κ1) is 9.64. The fourth-order valence-corrected chi connectivity index (χ4v) is 1.44. The molecule has 2 rings (SSSR count). The van der Waals surface area contributed by atoms with Crippen molar-refractivity contribution in [2.24, 2.45) is 0 Å². The largest absolute Gasteiger partial charge is 0.303 e. The van der Waals surface area contributed by atoms with Gasteiger partial charge >= 0.3 is 5.91 Å². The van der Waals surface area contributed by atoms with Crippen LogP contribution in [0.3, 0.4) is 0 Å². The van der Waals surface area contributed by atoms with E-state index in [1.165, 1.54) is 0 Å². The Balaban J connectivity index is 2.52. The van der Waals surface area contributed by atoms with Gasteiger partial charge in [0.1, 0.15) is 0 Å². The highest BCUT2D eigenvalue weighted by Crippen LogP contribution is 2.16. The molecule has 0 aliphatic heterocycles. The van der Waals surface area contributed by atoms with Crippen LogP contribution in [0.4, 0.5) is 0 Å². The molecule has 0 bridgehead atoms. The van der Waals surface area contributed by atoms with Gasteiger partial charge < -0.3 is 0 Å². The zero-order valence-corrected chi connectivity index (χ0v) is 7.79. The van der Waals surface area contributed by atoms with Gasteiger partial charge in [-0.3, -0.25) is 15.2 Å². The van der Waals surface area contributed by atoms with E-state index in [-0.39, 0.29) is 5.56 Å². The summed E-state index contributed by atoms with van der Waals surface area (Å²) in [4.78, 5) is 11.2. The molecule has 15 heavy (non-hydrogen) atoms. The van der Waals surface area contributed by atoms with E-state index < -0.39 is 11.1 Å². The third-order valence-electron chi connectivity index (χ3n) is 2.18. The summed E-state index contributed by atoms with van der Waals surface area (Å²) in [6.45, 7) is 0. The van der Waals surface area contributed by atoms with Crippen LogP contribution in [-0.4, -0.2) is 21.5 Å². The molecule has 1 amide bonds. The molecule has 0 saturated heterocycles. The number of hydroxylamine groups is 2. The van der Waals surface area contributed by atoms with Crippen LogP contribution >= 0.6 is 0 Å². The molecule has 0 unspecified atom stereocenters. The highest BCUT2D eigenvalue weighted by molar-refractivity contribution is 5.97. The smallest absolute Gasteiger partial charge is 0.264 e. The van der Waals surface area contributed by atoms with Gasteiger partial charge in [0, 0.05) is 5.56 Å². The minimum Gasteiger partial charge on any atom is -0.264 e. The van der Waals surface area contributed by atoms with Crippen molar-refractivity contribution < 1.29 is 15.2 Å². The fraction of sp³-hybridized carbons (Fsp3) is 0. The molecule has 0 spiro atoms. The first-order valence-electron chi connectivity index (χ1n) is 4.39. The van der Waals surface area contributed by atoms with Crippen LogP contribution in [0, 0.1) is 0 Å². The van der Waals surface area contributed by atoms with Crippen molar-refractivity contribution in [3.05, 3.63) is 48.0 Å². The van der Waals surface area contributed by atoms with Gasteiger partial charge in [0.15, 0.2) is 0 Å². The van der Waals surface area contributed by atoms with Gasteiger partial charge in [0.2, 0.25) is 0 Å². The molecule has 2 aromatic carbocycles. The number of rotatable bonds is 1. The molecule has 0 atom stereocenters. The molecule has 4 nitrogen and oxygen atoms in total. The van der Waals surface area contributed by atoms with Crippen molar-refractivity contribution in [3.63, 3.8) is 0 Å². The Morgan fingerprint density at radius 1 is 1.00 bits per heavy atom. The second kappa shape index (κ2) is 3.68. The number of fused-ring (bicyclic) bond motifs is 1. The SMILES string of the molecule is O=C(c1ccc2ccccc2c1)N(O)O. The summed E-state index contributed by atoms with van der Waals surface area (Å²) < 4.78 is 0. The highest BCUT2D eigenvalue weighted by atomic mass is 16.8. The van der Waals surface area contributed by atoms with Crippen LogP contribution < -0.4 is 0 Å². The number of carbonyl (C=O) groups is 1. The van der Waals surface area contributed by atoms with Crippen molar-refractivity contribution in [1.82, 2.24) is 5.23 Å². The lowest BCUT2D eigenvalue weighted by Gasteiger charge is -2.06. The third-order valence-corrected chi connectivity index (χ3v) is 2.18. The van der Waals surface area contributed by atoms with E-state index in [0.717, 1.165) is 10.8 Å². The van der Waals surface area contributed by atoms with Crippen LogP contribution in [0.1, 0.15) is 10.4 Å². The van der Waals surface area contributed by atoms with E-state index >= 15 is 0 Å². The second-order valence-electron chi connectivity index (χ2n) is 3.16. The van der Waals surface area contributed by atoms with Gasteiger partial charge in [-0.05, 0) is 22.9 Å². The summed E-state index contributed by atoms with van der Waals surface area (Å²) in [6, 6.07) is 12.4. The number of nitrogens with zero attached hydrogens (tertiary/aromatic N) is 1. The molecule has 0 fully saturated rings. The van der Waals surface area contributed by atoms with Crippen LogP contribution in [0.5, 0.6) is 0 Å². The molecule has 76 valence electrons. The van der Waals surface area contributed by atoms with Gasteiger partial charge in [-0.15, -0.1) is 0 Å². The van der Waals surface area contributed by atoms with E-state index in [9.17, 15) is 4.79 Å². The molecular weight excluding hydrogens is 194 g/mol. The summed E-state index contributed by atoms with van der Waals surface area (Å²) in [5.74, 6) is -0.847. The first-order valence-corrected chi connectivity index (χ1v) is 4.39. The van der Waals surface area contributed by atoms with E-state index in [0.29, 0.717) is 0 Å². The lowest BCUT2D eigenvalue weighted by atomic mass is 10.1. The Labute approximate surface area is 85.9 Å². The molecule has 0 heterocycles. The molecule has 0 aromatic heterocycles. The maximum absolute atomic E-state index is 11.2. The second-order valence-corrected chi connectivity index (χ2v) is 3.16. The van der Waals surface area contributed by atoms with Crippen molar-refractivity contribution in [2.45, 2.75) is 0 Å². The number of amides is 1. The summed E-state index contributed by atoms with van der Waals surface area (Å²) in [5, 5.41) is 18.6. The molecule has 2 N–H and O–H groups in total. The molecule has 4 heteroatoms. The van der Waals surface area contributed by atoms with Crippen LogP contribution in [0.25, 0.3) is 10.8 Å². The van der Waals surface area contributed by atoms with Crippen molar-refractivity contribution in [2.75, 3.05) is 0 Å². The summed E-state index contributed by atoms with van der Waals surface area (Å²) in [6.07, 6.45) is 0. The molecule has 0 aliphatic rings. The van der Waals surface area contributed by atoms with E-state index in [2.05, 4.69) is 0 Å². The topological polar surface area (TPSA) is 60.8 Å². The maximum Gasteiger partial charge on any atom is 0.303 e. The number of hydrogen-bond acceptors (Lipinski definition) is 3. The molecular formula is C11H9NO3. The van der Waals surface area contributed by atoms with Gasteiger partial charge in [-0.1, -0.05) is 35.6 Å². The minimum absolute atomic E-state index is 0.235. The Morgan fingerprint density at radius 3 is 2.33 bits per heavy atom. The lowest BCUT2D eigenvalue weighted by Crippen LogP contribution is -2.23. The summed E-state index contributed by atoms with van der Waals surface area (Å²) in [5.41, 5.74) is 0.235. The van der Waals surface area contributed by atoms with Crippen molar-refractivity contribution in [3.8, 4) is 0 Å². The maximum atomic E-state index is 11.2. The highest BCUT2D eigenvalue weighted by Gasteiger charge is 2.11. The molecule has 0 aliphatic carbocycles. The van der Waals surface area contributed by atoms with Gasteiger partial charge in [-0.2, -0.15) is 0 Å². The Kier molecular flexibility index (Phi) is 2.37. The Morgan fingerprint density at radius 2 is 1.67 bits per heavy atom. The summed E-state index contributed by atoms with van der Waals surface area (Å²) >= 11 is 0. The van der Waals surface area contributed by atoms with E-state index in [1.54, 1.807) is 18.2 Å². The van der Waals surface area contributed by atoms with Crippen LogP contribution in [0.15, 0.2) is 42.5 Å². The number of benzene rings is 2. The zero-order chi connectivity index (χ0) is 10.8. The number of hydrogen-bond donors (Lipinski definition) is 2. The summed E-state index contributed by atoms with van der Waals surface area (Å²) in [7, 11) is 0. The van der Waals surface area contributed by atoms with Crippen molar-refractivity contribution >= 4 is 16.7 Å². The van der Waals surface area contributed by atoms with E-state index in [1.807, 2.05) is 24.3 Å². The van der Waals surface area contributed by atoms with Gasteiger partial charge in [0.05, 0.1) is 0 Å². The van der Waals surface area contributed by atoms with Crippen LogP contribution in [0.2, 0.25) is 0 Å². The van der Waals surface area contributed by atoms with Gasteiger partial charge in [-0.25, -0.2) is 0 Å². The first-order chi connectivity index (χ1) is 7.18. The molecule has 0 radical (unpaired) electrons. The quantitative estimate of drug-likeness (QED) is 0.551. The zero-order valence-electron chi connectivity index (χ0n) is 7.79. The predicted octanol–water partition coefficient (Wildman–Crippen LogP) is 2.06. The monoisotopic (exact) mass is 203 g/mol. The Bertz CT molecular complexity index is 508. The van der Waals surface area contributed by atoms with E-state index in [4.69, 9.17) is 10.4 Å². The lowest BCUT2D eigenvalue weighted by molar-refractivity contribution is -0.260. The normalized spacial score (nSPS) is 10.3. The fourth-order valence-electron chi connectivity index (χ4n) is 1.44. The standard InChI is InChI=1S/C11H9NO3/c13-11(12(14)15)10-6-5-8-3-1-2-4-9(8)7-10/h1-7,14-15H. The number of carbonyl (C=O) groups excluding carboxylic acids is 1. The average molecular weight is 203 g/mol. The Hall–Kier alpha value is -1.91. The minimum atomic E-state index is -0.847. The third kappa shape index (κ3) is 1.81. The van der Waals surface area contributed by atoms with Crippen molar-refractivity contribution in [1.29, 1.82) is 0 Å². The van der Waals surface area contributed by atoms with Crippen LogP contribution in [-0.2, 0) is 0 Å². The molecule has 2 aromatic rings. The van der Waals surface area contributed by atoms with Gasteiger partial charge in [0.25, 0.3) is 0 Å². The predicted molar refractivity (Wildman–Crippen MR) is 53.7 cm³/mol.